The number of allylic oxidation sites excluding steroid dienone is 13. The standard InChI is InChI=1S/C50H83NO5/c1-3-5-7-9-11-13-15-16-17-18-19-20-21-22-23-24-25-26-28-30-32-37-41-45-50(55)56-47(42-38-34-31-29-27-14-12-10-8-6-4-2)43-39-35-33-36-40-44-48(52)51-46-49(53)54/h5,7,11-14,16-17,19-20,29,31,38,42,47H,3-4,6,8-10,15,18,21-28,30,32-37,39-41,43-46H2,1-2H3,(H,51,52)(H,53,54)/b7-5-,13-11-,14-12-,17-16-,20-19-,31-29-,42-38-. The summed E-state index contributed by atoms with van der Waals surface area (Å²) in [6.45, 7) is 4.07. The summed E-state index contributed by atoms with van der Waals surface area (Å²) in [5, 5.41) is 11.1. The van der Waals surface area contributed by atoms with E-state index in [4.69, 9.17) is 9.84 Å². The fourth-order valence-corrected chi connectivity index (χ4v) is 6.20. The topological polar surface area (TPSA) is 92.7 Å². The Balaban J connectivity index is 4.16. The van der Waals surface area contributed by atoms with E-state index < -0.39 is 5.97 Å². The molecule has 1 amide bonds. The lowest BCUT2D eigenvalue weighted by atomic mass is 10.0. The number of rotatable bonds is 40. The lowest BCUT2D eigenvalue weighted by Crippen LogP contribution is -2.28. The van der Waals surface area contributed by atoms with Gasteiger partial charge < -0.3 is 15.2 Å². The Morgan fingerprint density at radius 2 is 0.929 bits per heavy atom. The van der Waals surface area contributed by atoms with Gasteiger partial charge in [-0.3, -0.25) is 14.4 Å². The van der Waals surface area contributed by atoms with Crippen LogP contribution in [0, 0.1) is 0 Å². The van der Waals surface area contributed by atoms with Crippen LogP contribution in [0.4, 0.5) is 0 Å². The number of amides is 1. The minimum atomic E-state index is -1.03. The van der Waals surface area contributed by atoms with Crippen molar-refractivity contribution in [3.8, 4) is 0 Å². The second kappa shape index (κ2) is 44.3. The summed E-state index contributed by atoms with van der Waals surface area (Å²) in [5.74, 6) is -1.33. The average Bonchev–Trinajstić information content (AvgIpc) is 3.18. The minimum Gasteiger partial charge on any atom is -0.480 e. The van der Waals surface area contributed by atoms with Crippen LogP contribution in [0.5, 0.6) is 0 Å². The zero-order valence-electron chi connectivity index (χ0n) is 36.0. The number of nitrogens with one attached hydrogen (secondary N) is 1. The maximum Gasteiger partial charge on any atom is 0.322 e. The largest absolute Gasteiger partial charge is 0.480 e. The van der Waals surface area contributed by atoms with E-state index in [1.165, 1.54) is 77.0 Å². The molecule has 0 aliphatic heterocycles. The van der Waals surface area contributed by atoms with Crippen LogP contribution in [0.1, 0.15) is 200 Å². The molecule has 56 heavy (non-hydrogen) atoms. The van der Waals surface area contributed by atoms with Gasteiger partial charge in [0.2, 0.25) is 5.91 Å². The number of carbonyl (C=O) groups is 3. The minimum absolute atomic E-state index is 0.0962. The summed E-state index contributed by atoms with van der Waals surface area (Å²) in [7, 11) is 0. The highest BCUT2D eigenvalue weighted by molar-refractivity contribution is 5.80. The predicted octanol–water partition coefficient (Wildman–Crippen LogP) is 14.3. The first-order chi connectivity index (χ1) is 27.5. The first kappa shape index (κ1) is 52.6. The third kappa shape index (κ3) is 43.3. The van der Waals surface area contributed by atoms with Gasteiger partial charge in [-0.05, 0) is 96.0 Å². The molecule has 0 aromatic carbocycles. The predicted molar refractivity (Wildman–Crippen MR) is 240 cm³/mol. The van der Waals surface area contributed by atoms with E-state index in [1.54, 1.807) is 0 Å². The van der Waals surface area contributed by atoms with Crippen molar-refractivity contribution in [1.29, 1.82) is 0 Å². The van der Waals surface area contributed by atoms with Crippen molar-refractivity contribution >= 4 is 17.8 Å². The number of hydrogen-bond acceptors (Lipinski definition) is 4. The quantitative estimate of drug-likeness (QED) is 0.0367. The monoisotopic (exact) mass is 778 g/mol. The fraction of sp³-hybridized carbons (Fsp3) is 0.660. The van der Waals surface area contributed by atoms with Crippen molar-refractivity contribution in [2.24, 2.45) is 0 Å². The lowest BCUT2D eigenvalue weighted by molar-refractivity contribution is -0.147. The van der Waals surface area contributed by atoms with Crippen molar-refractivity contribution in [2.45, 2.75) is 206 Å². The van der Waals surface area contributed by atoms with Gasteiger partial charge in [0.05, 0.1) is 0 Å². The van der Waals surface area contributed by atoms with Gasteiger partial charge in [-0.1, -0.05) is 176 Å². The molecule has 0 bridgehead atoms. The maximum atomic E-state index is 12.7. The van der Waals surface area contributed by atoms with Crippen molar-refractivity contribution in [1.82, 2.24) is 5.32 Å². The van der Waals surface area contributed by atoms with Gasteiger partial charge in [-0.15, -0.1) is 0 Å². The molecule has 0 aliphatic carbocycles. The van der Waals surface area contributed by atoms with Gasteiger partial charge in [0.1, 0.15) is 12.6 Å². The number of carboxylic acid groups (broad SMARTS) is 1. The lowest BCUT2D eigenvalue weighted by Gasteiger charge is -2.14. The summed E-state index contributed by atoms with van der Waals surface area (Å²) in [6, 6.07) is 0. The SMILES string of the molecule is CC/C=C\C/C=C\C/C=C\C/C=C\CCCCCCCCCCCCC(=O)OC(/C=C\C/C=C\C/C=C\CCCCC)CCCCCCCC(=O)NCC(=O)O. The van der Waals surface area contributed by atoms with E-state index in [0.717, 1.165) is 96.3 Å². The molecular weight excluding hydrogens is 695 g/mol. The molecule has 6 nitrogen and oxygen atoms in total. The number of ether oxygens (including phenoxy) is 1. The van der Waals surface area contributed by atoms with Crippen LogP contribution in [0.2, 0.25) is 0 Å². The van der Waals surface area contributed by atoms with Gasteiger partial charge in [-0.25, -0.2) is 0 Å². The van der Waals surface area contributed by atoms with Gasteiger partial charge in [0, 0.05) is 12.8 Å². The normalized spacial score (nSPS) is 12.9. The van der Waals surface area contributed by atoms with Gasteiger partial charge >= 0.3 is 11.9 Å². The summed E-state index contributed by atoms with van der Waals surface area (Å²) < 4.78 is 5.92. The molecule has 0 aliphatic rings. The van der Waals surface area contributed by atoms with Crippen molar-refractivity contribution in [3.05, 3.63) is 85.1 Å². The molecule has 0 fully saturated rings. The first-order valence-electron chi connectivity index (χ1n) is 22.7. The average molecular weight is 778 g/mol. The van der Waals surface area contributed by atoms with Crippen LogP contribution in [0.15, 0.2) is 85.1 Å². The Morgan fingerprint density at radius 1 is 0.500 bits per heavy atom. The molecule has 1 atom stereocenters. The molecule has 1 unspecified atom stereocenters. The van der Waals surface area contributed by atoms with Gasteiger partial charge in [-0.2, -0.15) is 0 Å². The summed E-state index contributed by atoms with van der Waals surface area (Å²) in [4.78, 5) is 35.0. The van der Waals surface area contributed by atoms with Gasteiger partial charge in [0.15, 0.2) is 0 Å². The molecule has 0 aromatic rings. The van der Waals surface area contributed by atoms with E-state index >= 15 is 0 Å². The molecule has 2 N–H and O–H groups in total. The highest BCUT2D eigenvalue weighted by atomic mass is 16.5. The van der Waals surface area contributed by atoms with E-state index in [-0.39, 0.29) is 24.5 Å². The van der Waals surface area contributed by atoms with Crippen LogP contribution >= 0.6 is 0 Å². The Morgan fingerprint density at radius 3 is 1.45 bits per heavy atom. The summed E-state index contributed by atoms with van der Waals surface area (Å²) in [5.41, 5.74) is 0. The maximum absolute atomic E-state index is 12.7. The Hall–Kier alpha value is -3.41. The Bertz CT molecular complexity index is 1130. The molecule has 318 valence electrons. The molecule has 0 spiro atoms. The second-order valence-corrected chi connectivity index (χ2v) is 14.9. The molecule has 0 saturated heterocycles. The van der Waals surface area contributed by atoms with E-state index in [9.17, 15) is 14.4 Å². The number of aliphatic carboxylic acids is 1. The zero-order chi connectivity index (χ0) is 40.8. The third-order valence-corrected chi connectivity index (χ3v) is 9.54. The van der Waals surface area contributed by atoms with Crippen LogP contribution < -0.4 is 5.32 Å². The molecule has 0 rings (SSSR count). The van der Waals surface area contributed by atoms with Crippen molar-refractivity contribution in [2.75, 3.05) is 6.54 Å². The van der Waals surface area contributed by atoms with E-state index in [2.05, 4.69) is 104 Å². The van der Waals surface area contributed by atoms with Crippen LogP contribution in [-0.2, 0) is 19.1 Å². The van der Waals surface area contributed by atoms with E-state index in [1.807, 2.05) is 0 Å². The molecular formula is C50H83NO5. The fourth-order valence-electron chi connectivity index (χ4n) is 6.20. The number of carbonyl (C=O) groups excluding carboxylic acids is 2. The Kier molecular flexibility index (Phi) is 41.6. The Labute approximate surface area is 344 Å². The second-order valence-electron chi connectivity index (χ2n) is 14.9. The number of carboxylic acids is 1. The van der Waals surface area contributed by atoms with Crippen LogP contribution in [0.25, 0.3) is 0 Å². The molecule has 0 heterocycles. The van der Waals surface area contributed by atoms with Gasteiger partial charge in [0.25, 0.3) is 0 Å². The van der Waals surface area contributed by atoms with E-state index in [0.29, 0.717) is 12.8 Å². The highest BCUT2D eigenvalue weighted by Gasteiger charge is 2.11. The number of esters is 1. The summed E-state index contributed by atoms with van der Waals surface area (Å²) >= 11 is 0. The first-order valence-corrected chi connectivity index (χ1v) is 22.7. The smallest absolute Gasteiger partial charge is 0.322 e. The zero-order valence-corrected chi connectivity index (χ0v) is 36.0. The van der Waals surface area contributed by atoms with Crippen molar-refractivity contribution < 1.29 is 24.2 Å². The molecule has 0 aromatic heterocycles. The molecule has 0 radical (unpaired) electrons. The molecule has 6 heteroatoms. The summed E-state index contributed by atoms with van der Waals surface area (Å²) in [6.07, 6.45) is 61.6. The van der Waals surface area contributed by atoms with Crippen LogP contribution in [0.3, 0.4) is 0 Å². The third-order valence-electron chi connectivity index (χ3n) is 9.54. The molecule has 0 saturated carbocycles. The highest BCUT2D eigenvalue weighted by Crippen LogP contribution is 2.16. The van der Waals surface area contributed by atoms with Crippen LogP contribution in [-0.4, -0.2) is 35.6 Å². The van der Waals surface area contributed by atoms with Crippen molar-refractivity contribution in [3.63, 3.8) is 0 Å². The number of hydrogen-bond donors (Lipinski definition) is 2. The number of unbranched alkanes of at least 4 members (excludes halogenated alkanes) is 17.